The van der Waals surface area contributed by atoms with E-state index in [1.165, 1.54) is 231 Å². The molecular weight excluding hydrogens is 949 g/mol. The van der Waals surface area contributed by atoms with Crippen LogP contribution < -0.4 is 0 Å². The largest absolute Gasteiger partial charge is 0.462 e. The van der Waals surface area contributed by atoms with Gasteiger partial charge in [-0.1, -0.05) is 339 Å². The van der Waals surface area contributed by atoms with Crippen LogP contribution in [-0.2, 0) is 28.6 Å². The van der Waals surface area contributed by atoms with Crippen LogP contribution in [0.4, 0.5) is 0 Å². The summed E-state index contributed by atoms with van der Waals surface area (Å²) in [7, 11) is 0. The third-order valence-electron chi connectivity index (χ3n) is 15.3. The van der Waals surface area contributed by atoms with Crippen LogP contribution >= 0.6 is 0 Å². The SMILES string of the molecule is CC/C=C\C/C=C\C/C=C\C/C=C\CCCCCCCCC(=O)OC(COC(=O)CCCCCCCCCCCCCCCC)COC(=O)CCCCCCCCCCCCCCCCCCCCCCCCCCCC. The zero-order chi connectivity index (χ0) is 55.7. The first kappa shape index (κ1) is 74.4. The van der Waals surface area contributed by atoms with Crippen LogP contribution in [0.1, 0.15) is 367 Å². The van der Waals surface area contributed by atoms with Crippen molar-refractivity contribution in [3.63, 3.8) is 0 Å². The van der Waals surface area contributed by atoms with Crippen LogP contribution in [0.3, 0.4) is 0 Å². The molecule has 0 N–H and O–H groups in total. The number of allylic oxidation sites excluding steroid dienone is 8. The van der Waals surface area contributed by atoms with Crippen LogP contribution in [0.2, 0.25) is 0 Å². The third kappa shape index (κ3) is 64.1. The molecule has 0 aromatic heterocycles. The summed E-state index contributed by atoms with van der Waals surface area (Å²) in [4.78, 5) is 38.4. The maximum absolute atomic E-state index is 12.9. The molecule has 6 nitrogen and oxygen atoms in total. The molecule has 1 unspecified atom stereocenters. The van der Waals surface area contributed by atoms with Crippen molar-refractivity contribution in [2.45, 2.75) is 374 Å². The Labute approximate surface area is 479 Å². The van der Waals surface area contributed by atoms with E-state index in [2.05, 4.69) is 69.4 Å². The van der Waals surface area contributed by atoms with Gasteiger partial charge in [0.05, 0.1) is 0 Å². The van der Waals surface area contributed by atoms with Crippen molar-refractivity contribution in [3.05, 3.63) is 48.6 Å². The highest BCUT2D eigenvalue weighted by Crippen LogP contribution is 2.18. The van der Waals surface area contributed by atoms with E-state index in [-0.39, 0.29) is 31.1 Å². The van der Waals surface area contributed by atoms with Crippen LogP contribution in [0.15, 0.2) is 48.6 Å². The minimum Gasteiger partial charge on any atom is -0.462 e. The lowest BCUT2D eigenvalue weighted by Crippen LogP contribution is -2.30. The molecule has 0 aliphatic carbocycles. The fourth-order valence-electron chi connectivity index (χ4n) is 10.3. The molecule has 0 aromatic rings. The molecule has 0 aliphatic rings. The van der Waals surface area contributed by atoms with Gasteiger partial charge in [-0.25, -0.2) is 0 Å². The summed E-state index contributed by atoms with van der Waals surface area (Å²) in [6, 6.07) is 0. The summed E-state index contributed by atoms with van der Waals surface area (Å²) in [5, 5.41) is 0. The predicted octanol–water partition coefficient (Wildman–Crippen LogP) is 23.3. The molecule has 0 aromatic carbocycles. The predicted molar refractivity (Wildman–Crippen MR) is 335 cm³/mol. The van der Waals surface area contributed by atoms with E-state index >= 15 is 0 Å². The highest BCUT2D eigenvalue weighted by Gasteiger charge is 2.19. The standard InChI is InChI=1S/C71H130O6/c1-4-7-10-13-16-19-22-25-28-30-32-33-34-35-36-37-38-40-41-43-46-49-52-55-58-61-64-70(73)76-67-68(66-75-69(72)63-60-57-54-51-48-45-27-24-21-18-15-12-9-6-3)77-71(74)65-62-59-56-53-50-47-44-42-39-31-29-26-23-20-17-14-11-8-5-2/h8,11,17,20,26,29,39,42,68H,4-7,9-10,12-16,18-19,21-25,27-28,30-38,40-41,43-67H2,1-3H3/b11-8-,20-17-,29-26-,42-39-. The molecule has 77 heavy (non-hydrogen) atoms. The van der Waals surface area contributed by atoms with E-state index in [1.54, 1.807) is 0 Å². The maximum Gasteiger partial charge on any atom is 0.306 e. The van der Waals surface area contributed by atoms with Crippen molar-refractivity contribution in [2.75, 3.05) is 13.2 Å². The van der Waals surface area contributed by atoms with E-state index in [1.807, 2.05) is 0 Å². The number of carbonyl (C=O) groups excluding carboxylic acids is 3. The molecule has 450 valence electrons. The minimum atomic E-state index is -0.779. The summed E-state index contributed by atoms with van der Waals surface area (Å²) in [6.07, 6.45) is 82.8. The Hall–Kier alpha value is -2.63. The lowest BCUT2D eigenvalue weighted by molar-refractivity contribution is -0.167. The van der Waals surface area contributed by atoms with Crippen molar-refractivity contribution in [1.29, 1.82) is 0 Å². The quantitative estimate of drug-likeness (QED) is 0.0261. The summed E-state index contributed by atoms with van der Waals surface area (Å²) in [5.74, 6) is -0.862. The average molecular weight is 1080 g/mol. The van der Waals surface area contributed by atoms with E-state index in [4.69, 9.17) is 14.2 Å². The second-order valence-corrected chi connectivity index (χ2v) is 23.1. The molecule has 0 bridgehead atoms. The first-order chi connectivity index (χ1) is 38.0. The molecule has 6 heteroatoms. The zero-order valence-corrected chi connectivity index (χ0v) is 51.7. The fraction of sp³-hybridized carbons (Fsp3) is 0.845. The maximum atomic E-state index is 12.9. The number of rotatable bonds is 63. The Balaban J connectivity index is 4.25. The van der Waals surface area contributed by atoms with Crippen molar-refractivity contribution in [1.82, 2.24) is 0 Å². The second kappa shape index (κ2) is 65.9. The highest BCUT2D eigenvalue weighted by molar-refractivity contribution is 5.71. The molecule has 0 heterocycles. The van der Waals surface area contributed by atoms with Crippen molar-refractivity contribution >= 4 is 17.9 Å². The van der Waals surface area contributed by atoms with E-state index in [0.29, 0.717) is 19.3 Å². The van der Waals surface area contributed by atoms with E-state index < -0.39 is 6.10 Å². The molecule has 0 saturated carbocycles. The smallest absolute Gasteiger partial charge is 0.306 e. The molecule has 0 aliphatic heterocycles. The van der Waals surface area contributed by atoms with Gasteiger partial charge in [0.25, 0.3) is 0 Å². The number of hydrogen-bond donors (Lipinski definition) is 0. The Kier molecular flexibility index (Phi) is 63.6. The van der Waals surface area contributed by atoms with Crippen LogP contribution in [0.5, 0.6) is 0 Å². The molecule has 0 fully saturated rings. The summed E-state index contributed by atoms with van der Waals surface area (Å²) in [6.45, 7) is 6.58. The number of ether oxygens (including phenoxy) is 3. The van der Waals surface area contributed by atoms with Gasteiger partial charge in [-0.15, -0.1) is 0 Å². The number of hydrogen-bond acceptors (Lipinski definition) is 6. The Bertz CT molecular complexity index is 1330. The molecule has 1 atom stereocenters. The fourth-order valence-corrected chi connectivity index (χ4v) is 10.3. The Morgan fingerprint density at radius 1 is 0.273 bits per heavy atom. The van der Waals surface area contributed by atoms with Gasteiger partial charge < -0.3 is 14.2 Å². The van der Waals surface area contributed by atoms with Crippen LogP contribution in [0.25, 0.3) is 0 Å². The number of unbranched alkanes of at least 4 members (excludes halogenated alkanes) is 44. The minimum absolute atomic E-state index is 0.0739. The lowest BCUT2D eigenvalue weighted by atomic mass is 10.0. The van der Waals surface area contributed by atoms with Gasteiger partial charge in [-0.05, 0) is 57.8 Å². The van der Waals surface area contributed by atoms with Gasteiger partial charge >= 0.3 is 17.9 Å². The van der Waals surface area contributed by atoms with Gasteiger partial charge in [-0.2, -0.15) is 0 Å². The van der Waals surface area contributed by atoms with Gasteiger partial charge in [0, 0.05) is 19.3 Å². The number of carbonyl (C=O) groups is 3. The van der Waals surface area contributed by atoms with Gasteiger partial charge in [0.1, 0.15) is 13.2 Å². The monoisotopic (exact) mass is 1080 g/mol. The van der Waals surface area contributed by atoms with E-state index in [9.17, 15) is 14.4 Å². The molecule has 0 rings (SSSR count). The Morgan fingerprint density at radius 2 is 0.506 bits per heavy atom. The average Bonchev–Trinajstić information content (AvgIpc) is 3.43. The first-order valence-corrected chi connectivity index (χ1v) is 34.1. The van der Waals surface area contributed by atoms with Gasteiger partial charge in [0.15, 0.2) is 6.10 Å². The van der Waals surface area contributed by atoms with Gasteiger partial charge in [0.2, 0.25) is 0 Å². The summed E-state index contributed by atoms with van der Waals surface area (Å²) in [5.41, 5.74) is 0. The lowest BCUT2D eigenvalue weighted by Gasteiger charge is -2.18. The van der Waals surface area contributed by atoms with Crippen molar-refractivity contribution in [2.24, 2.45) is 0 Å². The Morgan fingerprint density at radius 3 is 0.792 bits per heavy atom. The second-order valence-electron chi connectivity index (χ2n) is 23.1. The first-order valence-electron chi connectivity index (χ1n) is 34.1. The van der Waals surface area contributed by atoms with Crippen LogP contribution in [0, 0.1) is 0 Å². The zero-order valence-electron chi connectivity index (χ0n) is 51.7. The topological polar surface area (TPSA) is 78.9 Å². The molecule has 0 amide bonds. The molecule has 0 saturated heterocycles. The van der Waals surface area contributed by atoms with Crippen molar-refractivity contribution < 1.29 is 28.6 Å². The molecular formula is C71H130O6. The summed E-state index contributed by atoms with van der Waals surface area (Å²) < 4.78 is 17.0. The highest BCUT2D eigenvalue weighted by atomic mass is 16.6. The molecule has 0 radical (unpaired) electrons. The van der Waals surface area contributed by atoms with E-state index in [0.717, 1.165) is 96.3 Å². The third-order valence-corrected chi connectivity index (χ3v) is 15.3. The van der Waals surface area contributed by atoms with Gasteiger partial charge in [-0.3, -0.25) is 14.4 Å². The normalized spacial score (nSPS) is 12.3. The molecule has 0 spiro atoms. The number of esters is 3. The summed E-state index contributed by atoms with van der Waals surface area (Å²) >= 11 is 0. The van der Waals surface area contributed by atoms with Crippen LogP contribution in [-0.4, -0.2) is 37.2 Å². The van der Waals surface area contributed by atoms with Crippen molar-refractivity contribution in [3.8, 4) is 0 Å².